The summed E-state index contributed by atoms with van der Waals surface area (Å²) in [4.78, 5) is 14.6. The predicted molar refractivity (Wildman–Crippen MR) is 95.4 cm³/mol. The van der Waals surface area contributed by atoms with Crippen LogP contribution in [0.3, 0.4) is 0 Å². The molecule has 1 aliphatic heterocycles. The van der Waals surface area contributed by atoms with Gasteiger partial charge in [0.2, 0.25) is 5.91 Å². The van der Waals surface area contributed by atoms with Crippen molar-refractivity contribution in [2.24, 2.45) is 0 Å². The summed E-state index contributed by atoms with van der Waals surface area (Å²) in [7, 11) is 0. The number of likely N-dealkylation sites (N-methyl/N-ethyl adjacent to an activating group) is 1. The van der Waals surface area contributed by atoms with Gasteiger partial charge in [-0.3, -0.25) is 4.79 Å². The number of anilines is 1. The molecule has 0 saturated heterocycles. The van der Waals surface area contributed by atoms with Crippen LogP contribution >= 0.6 is 11.6 Å². The maximum Gasteiger partial charge on any atom is 0.231 e. The number of ether oxygens (including phenoxy) is 2. The summed E-state index contributed by atoms with van der Waals surface area (Å²) >= 11 is 6.26. The molecule has 1 amide bonds. The Hall–Kier alpha value is -2.20. The van der Waals surface area contributed by atoms with Gasteiger partial charge >= 0.3 is 0 Å². The molecule has 0 unspecified atom stereocenters. The lowest BCUT2D eigenvalue weighted by molar-refractivity contribution is -0.117. The molecule has 0 aliphatic carbocycles. The Morgan fingerprint density at radius 3 is 2.71 bits per heavy atom. The second kappa shape index (κ2) is 7.14. The first-order valence-electron chi connectivity index (χ1n) is 8.04. The van der Waals surface area contributed by atoms with E-state index in [4.69, 9.17) is 21.1 Å². The molecule has 1 heterocycles. The molecular formula is C19H20ClNO3. The lowest BCUT2D eigenvalue weighted by atomic mass is 10.1. The van der Waals surface area contributed by atoms with Gasteiger partial charge in [-0.15, -0.1) is 0 Å². The third-order valence-electron chi connectivity index (χ3n) is 4.04. The van der Waals surface area contributed by atoms with Gasteiger partial charge in [-0.25, -0.2) is 0 Å². The zero-order valence-electron chi connectivity index (χ0n) is 13.8. The summed E-state index contributed by atoms with van der Waals surface area (Å²) in [5.74, 6) is 1.19. The number of halogens is 1. The first kappa shape index (κ1) is 16.7. The van der Waals surface area contributed by atoms with Crippen LogP contribution < -0.4 is 14.4 Å². The summed E-state index contributed by atoms with van der Waals surface area (Å²) in [6.07, 6.45) is 0.262. The summed E-state index contributed by atoms with van der Waals surface area (Å²) < 4.78 is 11.1. The maximum atomic E-state index is 12.8. The number of nitrogens with zero attached hydrogens (tertiary/aromatic N) is 1. The van der Waals surface area contributed by atoms with Crippen molar-refractivity contribution in [3.8, 4) is 11.5 Å². The lowest BCUT2D eigenvalue weighted by Gasteiger charge is -2.24. The van der Waals surface area contributed by atoms with Gasteiger partial charge in [-0.2, -0.15) is 0 Å². The minimum atomic E-state index is 0.0274. The van der Waals surface area contributed by atoms with E-state index in [2.05, 4.69) is 0 Å². The van der Waals surface area contributed by atoms with Crippen LogP contribution in [0.2, 0.25) is 5.02 Å². The monoisotopic (exact) mass is 345 g/mol. The van der Waals surface area contributed by atoms with Crippen LogP contribution in [0.5, 0.6) is 11.5 Å². The normalized spacial score (nSPS) is 12.8. The second-order valence-electron chi connectivity index (χ2n) is 5.70. The van der Waals surface area contributed by atoms with Crippen LogP contribution in [-0.4, -0.2) is 25.7 Å². The highest BCUT2D eigenvalue weighted by atomic mass is 35.5. The molecular weight excluding hydrogens is 326 g/mol. The zero-order valence-corrected chi connectivity index (χ0v) is 14.6. The van der Waals surface area contributed by atoms with Gasteiger partial charge in [0.15, 0.2) is 11.5 Å². The van der Waals surface area contributed by atoms with E-state index in [-0.39, 0.29) is 12.3 Å². The number of hydrogen-bond donors (Lipinski definition) is 0. The van der Waals surface area contributed by atoms with Gasteiger partial charge in [-0.1, -0.05) is 29.8 Å². The van der Waals surface area contributed by atoms with Crippen molar-refractivity contribution in [3.63, 3.8) is 0 Å². The Labute approximate surface area is 146 Å². The van der Waals surface area contributed by atoms with Crippen LogP contribution in [0.15, 0.2) is 36.4 Å². The molecule has 0 spiro atoms. The number of fused-ring (bicyclic) bond motifs is 1. The Morgan fingerprint density at radius 1 is 1.21 bits per heavy atom. The average Bonchev–Trinajstić information content (AvgIpc) is 2.57. The predicted octanol–water partition coefficient (Wildman–Crippen LogP) is 4.02. The van der Waals surface area contributed by atoms with E-state index >= 15 is 0 Å². The number of amides is 1. The molecule has 3 rings (SSSR count). The molecule has 126 valence electrons. The average molecular weight is 346 g/mol. The quantitative estimate of drug-likeness (QED) is 0.840. The van der Waals surface area contributed by atoms with Crippen molar-refractivity contribution >= 4 is 23.2 Å². The molecule has 24 heavy (non-hydrogen) atoms. The number of carbonyl (C=O) groups is 1. The van der Waals surface area contributed by atoms with E-state index in [0.29, 0.717) is 36.3 Å². The SMILES string of the molecule is CCN(C(=O)Cc1cc(Cl)c2c(c1)OCCO2)c1ccccc1C. The lowest BCUT2D eigenvalue weighted by Crippen LogP contribution is -2.32. The maximum absolute atomic E-state index is 12.8. The number of rotatable bonds is 4. The van der Waals surface area contributed by atoms with Gasteiger partial charge in [0.1, 0.15) is 13.2 Å². The van der Waals surface area contributed by atoms with Crippen molar-refractivity contribution in [3.05, 3.63) is 52.5 Å². The fourth-order valence-electron chi connectivity index (χ4n) is 2.88. The Kier molecular flexibility index (Phi) is 4.95. The largest absolute Gasteiger partial charge is 0.486 e. The van der Waals surface area contributed by atoms with Crippen LogP contribution in [0.1, 0.15) is 18.1 Å². The molecule has 0 atom stereocenters. The van der Waals surface area contributed by atoms with Gasteiger partial charge in [0.25, 0.3) is 0 Å². The van der Waals surface area contributed by atoms with E-state index in [9.17, 15) is 4.79 Å². The molecule has 4 nitrogen and oxygen atoms in total. The number of hydrogen-bond acceptors (Lipinski definition) is 3. The van der Waals surface area contributed by atoms with E-state index in [1.165, 1.54) is 0 Å². The molecule has 0 bridgehead atoms. The first-order chi connectivity index (χ1) is 11.6. The van der Waals surface area contributed by atoms with Crippen LogP contribution in [0.25, 0.3) is 0 Å². The number of benzene rings is 2. The van der Waals surface area contributed by atoms with Crippen molar-refractivity contribution in [2.75, 3.05) is 24.7 Å². The number of carbonyl (C=O) groups excluding carboxylic acids is 1. The zero-order chi connectivity index (χ0) is 17.1. The summed E-state index contributed by atoms with van der Waals surface area (Å²) in [5.41, 5.74) is 2.84. The highest BCUT2D eigenvalue weighted by Gasteiger charge is 2.20. The molecule has 1 aliphatic rings. The molecule has 0 N–H and O–H groups in total. The fourth-order valence-corrected chi connectivity index (χ4v) is 3.17. The highest BCUT2D eigenvalue weighted by Crippen LogP contribution is 2.38. The Bertz CT molecular complexity index is 760. The molecule has 5 heteroatoms. The van der Waals surface area contributed by atoms with E-state index in [0.717, 1.165) is 16.8 Å². The van der Waals surface area contributed by atoms with Crippen LogP contribution in [-0.2, 0) is 11.2 Å². The van der Waals surface area contributed by atoms with Crippen LogP contribution in [0.4, 0.5) is 5.69 Å². The summed E-state index contributed by atoms with van der Waals surface area (Å²) in [6.45, 7) is 5.57. The molecule has 0 radical (unpaired) electrons. The Balaban J connectivity index is 1.83. The minimum absolute atomic E-state index is 0.0274. The van der Waals surface area contributed by atoms with Gasteiger partial charge in [0.05, 0.1) is 11.4 Å². The van der Waals surface area contributed by atoms with Crippen molar-refractivity contribution < 1.29 is 14.3 Å². The van der Waals surface area contributed by atoms with Crippen LogP contribution in [0, 0.1) is 6.92 Å². The van der Waals surface area contributed by atoms with Gasteiger partial charge < -0.3 is 14.4 Å². The molecule has 0 fully saturated rings. The van der Waals surface area contributed by atoms with Gasteiger partial charge in [-0.05, 0) is 43.2 Å². The van der Waals surface area contributed by atoms with Crippen molar-refractivity contribution in [1.29, 1.82) is 0 Å². The molecule has 0 aromatic heterocycles. The third kappa shape index (κ3) is 3.34. The minimum Gasteiger partial charge on any atom is -0.486 e. The smallest absolute Gasteiger partial charge is 0.231 e. The standard InChI is InChI=1S/C19H20ClNO3/c1-3-21(16-7-5-4-6-13(16)2)18(22)12-14-10-15(20)19-17(11-14)23-8-9-24-19/h4-7,10-11H,3,8-9,12H2,1-2H3. The summed E-state index contributed by atoms with van der Waals surface area (Å²) in [5, 5.41) is 0.481. The molecule has 2 aromatic carbocycles. The van der Waals surface area contributed by atoms with Crippen molar-refractivity contribution in [2.45, 2.75) is 20.3 Å². The number of para-hydroxylation sites is 1. The highest BCUT2D eigenvalue weighted by molar-refractivity contribution is 6.32. The second-order valence-corrected chi connectivity index (χ2v) is 6.11. The van der Waals surface area contributed by atoms with E-state index < -0.39 is 0 Å². The Morgan fingerprint density at radius 2 is 1.96 bits per heavy atom. The van der Waals surface area contributed by atoms with E-state index in [1.54, 1.807) is 11.0 Å². The van der Waals surface area contributed by atoms with Crippen molar-refractivity contribution in [1.82, 2.24) is 0 Å². The topological polar surface area (TPSA) is 38.8 Å². The molecule has 0 saturated carbocycles. The summed E-state index contributed by atoms with van der Waals surface area (Å²) in [6, 6.07) is 11.5. The molecule has 2 aromatic rings. The number of aryl methyl sites for hydroxylation is 1. The van der Waals surface area contributed by atoms with E-state index in [1.807, 2.05) is 44.2 Å². The van der Waals surface area contributed by atoms with Gasteiger partial charge in [0, 0.05) is 12.2 Å². The fraction of sp³-hybridized carbons (Fsp3) is 0.316. The third-order valence-corrected chi connectivity index (χ3v) is 4.32. The first-order valence-corrected chi connectivity index (χ1v) is 8.42.